The summed E-state index contributed by atoms with van der Waals surface area (Å²) in [6, 6.07) is -3.03. The van der Waals surface area contributed by atoms with Gasteiger partial charge in [-0.05, 0) is 59.3 Å². The normalized spacial score (nSPS) is 24.2. The van der Waals surface area contributed by atoms with E-state index in [1.165, 1.54) is 4.90 Å². The highest BCUT2D eigenvalue weighted by atomic mass is 16.6. The quantitative estimate of drug-likeness (QED) is 0.345. The summed E-state index contributed by atoms with van der Waals surface area (Å²) in [6.45, 7) is 16.6. The predicted molar refractivity (Wildman–Crippen MR) is 144 cm³/mol. The van der Waals surface area contributed by atoms with Crippen molar-refractivity contribution >= 4 is 29.7 Å². The molecule has 2 aliphatic rings. The summed E-state index contributed by atoms with van der Waals surface area (Å²) in [5.41, 5.74) is -1.90. The Kier molecular flexibility index (Phi) is 10.2. The number of nitrogens with one attached hydrogen (secondary N) is 2. The number of methoxy groups -OCH3 is 1. The van der Waals surface area contributed by atoms with Crippen LogP contribution in [0.4, 0.5) is 4.79 Å². The summed E-state index contributed by atoms with van der Waals surface area (Å²) in [5.74, 6) is -3.20. The minimum Gasteiger partial charge on any atom is -0.463 e. The number of alkyl carbamates (subject to hydrolysis) is 1. The summed E-state index contributed by atoms with van der Waals surface area (Å²) in [5, 5.41) is 5.42. The van der Waals surface area contributed by atoms with Gasteiger partial charge in [-0.1, -0.05) is 34.1 Å². The molecule has 0 saturated carbocycles. The Morgan fingerprint density at radius 3 is 2.18 bits per heavy atom. The summed E-state index contributed by atoms with van der Waals surface area (Å²) in [7, 11) is 1.11. The minimum absolute atomic E-state index is 0.150. The van der Waals surface area contributed by atoms with Crippen LogP contribution in [0.25, 0.3) is 0 Å². The first kappa shape index (κ1) is 32.5. The molecule has 0 bridgehead atoms. The molecule has 2 heterocycles. The van der Waals surface area contributed by atoms with E-state index in [9.17, 15) is 24.0 Å². The molecule has 5 atom stereocenters. The lowest BCUT2D eigenvalue weighted by Gasteiger charge is -2.39. The Morgan fingerprint density at radius 2 is 1.67 bits per heavy atom. The lowest BCUT2D eigenvalue weighted by atomic mass is 9.83. The molecule has 0 radical (unpaired) electrons. The highest BCUT2D eigenvalue weighted by molar-refractivity contribution is 6.36. The number of carbonyl (C=O) groups is 5. The molecule has 11 heteroatoms. The minimum atomic E-state index is -1.08. The number of nitrogens with zero attached hydrogens (tertiary/aromatic N) is 1. The second-order valence-electron chi connectivity index (χ2n) is 13.2. The van der Waals surface area contributed by atoms with Gasteiger partial charge in [0, 0.05) is 12.5 Å². The second-order valence-corrected chi connectivity index (χ2v) is 13.2. The van der Waals surface area contributed by atoms with Crippen LogP contribution in [0.5, 0.6) is 0 Å². The van der Waals surface area contributed by atoms with Gasteiger partial charge in [-0.3, -0.25) is 14.4 Å². The van der Waals surface area contributed by atoms with Crippen LogP contribution in [0.2, 0.25) is 0 Å². The van der Waals surface area contributed by atoms with Crippen molar-refractivity contribution in [3.8, 4) is 0 Å². The zero-order chi connectivity index (χ0) is 29.9. The SMILES string of the molecule is CCCC(NC(=O)[C@@H]1C2CCC(C)(C)OC2CN1C(=O)C(NC(=O)OC(C)(C)C)C(C)(C)C)C(=O)C(=O)OC. The molecule has 0 spiro atoms. The molecule has 3 amide bonds. The van der Waals surface area contributed by atoms with Gasteiger partial charge < -0.3 is 29.7 Å². The van der Waals surface area contributed by atoms with Gasteiger partial charge in [0.1, 0.15) is 17.7 Å². The molecule has 2 rings (SSSR count). The van der Waals surface area contributed by atoms with Crippen LogP contribution < -0.4 is 10.6 Å². The van der Waals surface area contributed by atoms with Crippen molar-refractivity contribution in [1.82, 2.24) is 15.5 Å². The number of likely N-dealkylation sites (tertiary alicyclic amines) is 1. The highest BCUT2D eigenvalue weighted by Gasteiger charge is 2.54. The van der Waals surface area contributed by atoms with Crippen molar-refractivity contribution in [2.24, 2.45) is 11.3 Å². The second kappa shape index (κ2) is 12.2. The van der Waals surface area contributed by atoms with Crippen molar-refractivity contribution in [3.63, 3.8) is 0 Å². The van der Waals surface area contributed by atoms with Crippen molar-refractivity contribution < 1.29 is 38.2 Å². The van der Waals surface area contributed by atoms with E-state index in [0.29, 0.717) is 19.3 Å². The Labute approximate surface area is 232 Å². The topological polar surface area (TPSA) is 140 Å². The van der Waals surface area contributed by atoms with E-state index >= 15 is 0 Å². The number of hydrogen-bond acceptors (Lipinski definition) is 8. The van der Waals surface area contributed by atoms with Gasteiger partial charge in [0.2, 0.25) is 11.8 Å². The van der Waals surface area contributed by atoms with Gasteiger partial charge in [-0.25, -0.2) is 9.59 Å². The number of rotatable bonds is 8. The first-order valence-electron chi connectivity index (χ1n) is 13.7. The van der Waals surface area contributed by atoms with Crippen molar-refractivity contribution in [2.75, 3.05) is 13.7 Å². The van der Waals surface area contributed by atoms with Crippen LogP contribution in [0.15, 0.2) is 0 Å². The Bertz CT molecular complexity index is 949. The maximum absolute atomic E-state index is 14.1. The average molecular weight is 554 g/mol. The average Bonchev–Trinajstić information content (AvgIpc) is 3.16. The van der Waals surface area contributed by atoms with E-state index in [1.807, 2.05) is 41.5 Å². The van der Waals surface area contributed by atoms with Gasteiger partial charge in [-0.2, -0.15) is 0 Å². The summed E-state index contributed by atoms with van der Waals surface area (Å²) in [6.07, 6.45) is 0.939. The zero-order valence-corrected chi connectivity index (χ0v) is 25.1. The maximum Gasteiger partial charge on any atom is 0.408 e. The van der Waals surface area contributed by atoms with E-state index in [1.54, 1.807) is 20.8 Å². The van der Waals surface area contributed by atoms with Crippen molar-refractivity contribution in [2.45, 2.75) is 123 Å². The fourth-order valence-corrected chi connectivity index (χ4v) is 5.19. The molecule has 4 unspecified atom stereocenters. The molecule has 2 saturated heterocycles. The third-order valence-corrected chi connectivity index (χ3v) is 7.07. The Balaban J connectivity index is 2.42. The van der Waals surface area contributed by atoms with E-state index in [2.05, 4.69) is 15.4 Å². The fraction of sp³-hybridized carbons (Fsp3) is 0.821. The third-order valence-electron chi connectivity index (χ3n) is 7.07. The lowest BCUT2D eigenvalue weighted by Crippen LogP contribution is -2.60. The van der Waals surface area contributed by atoms with E-state index in [4.69, 9.17) is 9.47 Å². The first-order chi connectivity index (χ1) is 17.8. The van der Waals surface area contributed by atoms with E-state index in [0.717, 1.165) is 7.11 Å². The van der Waals surface area contributed by atoms with Gasteiger partial charge >= 0.3 is 12.1 Å². The molecular weight excluding hydrogens is 506 g/mol. The van der Waals surface area contributed by atoms with E-state index in [-0.39, 0.29) is 18.9 Å². The molecule has 11 nitrogen and oxygen atoms in total. The monoisotopic (exact) mass is 553 g/mol. The third kappa shape index (κ3) is 8.40. The number of ether oxygens (including phenoxy) is 3. The number of amides is 3. The van der Waals surface area contributed by atoms with Crippen LogP contribution in [-0.2, 0) is 33.4 Å². The Hall–Kier alpha value is -2.69. The predicted octanol–water partition coefficient (Wildman–Crippen LogP) is 2.74. The molecule has 0 aromatic heterocycles. The van der Waals surface area contributed by atoms with Gasteiger partial charge in [-0.15, -0.1) is 0 Å². The summed E-state index contributed by atoms with van der Waals surface area (Å²) < 4.78 is 16.3. The zero-order valence-electron chi connectivity index (χ0n) is 25.1. The molecule has 2 fully saturated rings. The number of fused-ring (bicyclic) bond motifs is 1. The smallest absolute Gasteiger partial charge is 0.408 e. The van der Waals surface area contributed by atoms with Gasteiger partial charge in [0.05, 0.1) is 24.9 Å². The molecule has 0 aromatic carbocycles. The van der Waals surface area contributed by atoms with Crippen LogP contribution >= 0.6 is 0 Å². The van der Waals surface area contributed by atoms with Gasteiger partial charge in [0.15, 0.2) is 0 Å². The van der Waals surface area contributed by atoms with Crippen molar-refractivity contribution in [1.29, 1.82) is 0 Å². The number of ketones is 1. The van der Waals surface area contributed by atoms with Crippen LogP contribution in [0, 0.1) is 11.3 Å². The van der Waals surface area contributed by atoms with Gasteiger partial charge in [0.25, 0.3) is 5.78 Å². The lowest BCUT2D eigenvalue weighted by molar-refractivity contribution is -0.153. The van der Waals surface area contributed by atoms with Crippen LogP contribution in [0.1, 0.15) is 88.0 Å². The van der Waals surface area contributed by atoms with Crippen molar-refractivity contribution in [3.05, 3.63) is 0 Å². The molecule has 222 valence electrons. The summed E-state index contributed by atoms with van der Waals surface area (Å²) >= 11 is 0. The molecule has 2 aliphatic heterocycles. The Morgan fingerprint density at radius 1 is 1.05 bits per heavy atom. The first-order valence-corrected chi connectivity index (χ1v) is 13.7. The maximum atomic E-state index is 14.1. The molecule has 0 aliphatic carbocycles. The number of esters is 1. The summed E-state index contributed by atoms with van der Waals surface area (Å²) in [4.78, 5) is 66.6. The standard InChI is InChI=1S/C28H47N3O8/c1-11-12-17(20(32)24(35)37-10)29-22(33)19-16-13-14-28(8,9)38-18(16)15-31(19)23(34)21(26(2,3)4)30-25(36)39-27(5,6)7/h16-19,21H,11-15H2,1-10H3,(H,29,33)(H,30,36)/t16?,17?,18?,19-,21?/m0/s1. The van der Waals surface area contributed by atoms with E-state index < -0.39 is 70.5 Å². The molecule has 0 aromatic rings. The van der Waals surface area contributed by atoms with Crippen LogP contribution in [-0.4, -0.2) is 83.6 Å². The largest absolute Gasteiger partial charge is 0.463 e. The number of Topliss-reactive ketones (excluding diaryl/α,β-unsaturated/α-hetero) is 1. The van der Waals surface area contributed by atoms with Crippen LogP contribution in [0.3, 0.4) is 0 Å². The molecular formula is C28H47N3O8. The highest BCUT2D eigenvalue weighted by Crippen LogP contribution is 2.41. The fourth-order valence-electron chi connectivity index (χ4n) is 5.19. The molecule has 39 heavy (non-hydrogen) atoms. The number of hydrogen-bond donors (Lipinski definition) is 2. The number of carbonyl (C=O) groups excluding carboxylic acids is 5. The molecule has 2 N–H and O–H groups in total.